The zero-order valence-corrected chi connectivity index (χ0v) is 16.0. The van der Waals surface area contributed by atoms with Gasteiger partial charge in [-0.15, -0.1) is 0 Å². The van der Waals surface area contributed by atoms with Crippen molar-refractivity contribution < 1.29 is 9.53 Å². The summed E-state index contributed by atoms with van der Waals surface area (Å²) in [5.41, 5.74) is 1.29. The maximum absolute atomic E-state index is 12.7. The first kappa shape index (κ1) is 19.0. The van der Waals surface area contributed by atoms with E-state index in [1.165, 1.54) is 5.56 Å². The number of amides is 1. The predicted octanol–water partition coefficient (Wildman–Crippen LogP) is 5.13. The lowest BCUT2D eigenvalue weighted by Gasteiger charge is -2.21. The highest BCUT2D eigenvalue weighted by atomic mass is 16.5. The summed E-state index contributed by atoms with van der Waals surface area (Å²) in [5, 5.41) is 5.25. The Balaban J connectivity index is 1.60. The maximum atomic E-state index is 12.7. The van der Waals surface area contributed by atoms with Crippen LogP contribution in [0.1, 0.15) is 32.3 Å². The van der Waals surface area contributed by atoms with Crippen LogP contribution in [0.15, 0.2) is 72.8 Å². The molecule has 27 heavy (non-hydrogen) atoms. The average molecular weight is 361 g/mol. The molecular formula is C24H27NO2. The number of hydrogen-bond acceptors (Lipinski definition) is 2. The molecule has 0 aliphatic heterocycles. The van der Waals surface area contributed by atoms with Crippen LogP contribution >= 0.6 is 0 Å². The molecule has 3 nitrogen and oxygen atoms in total. The van der Waals surface area contributed by atoms with Crippen LogP contribution in [0.4, 0.5) is 0 Å². The quantitative estimate of drug-likeness (QED) is 0.604. The van der Waals surface area contributed by atoms with Gasteiger partial charge in [0.1, 0.15) is 5.75 Å². The van der Waals surface area contributed by atoms with Crippen molar-refractivity contribution >= 4 is 16.7 Å². The van der Waals surface area contributed by atoms with E-state index in [0.717, 1.165) is 29.4 Å². The molecular weight excluding hydrogens is 334 g/mol. The zero-order valence-electron chi connectivity index (χ0n) is 16.0. The lowest BCUT2D eigenvalue weighted by atomic mass is 10.1. The summed E-state index contributed by atoms with van der Waals surface area (Å²) in [6.07, 6.45) is 1.99. The van der Waals surface area contributed by atoms with Crippen molar-refractivity contribution in [2.75, 3.05) is 0 Å². The SMILES string of the molecule is CC[C@H](Oc1cccc2ccccc12)C(=O)N[C@H](C)CCc1ccccc1. The van der Waals surface area contributed by atoms with Gasteiger partial charge in [-0.05, 0) is 43.2 Å². The minimum absolute atomic E-state index is 0.0500. The third kappa shape index (κ3) is 5.10. The monoisotopic (exact) mass is 361 g/mol. The number of hydrogen-bond donors (Lipinski definition) is 1. The van der Waals surface area contributed by atoms with Crippen molar-refractivity contribution in [1.29, 1.82) is 0 Å². The number of benzene rings is 3. The molecule has 140 valence electrons. The molecule has 0 spiro atoms. The molecule has 0 fully saturated rings. The second-order valence-electron chi connectivity index (χ2n) is 6.93. The molecule has 0 unspecified atom stereocenters. The van der Waals surface area contributed by atoms with E-state index < -0.39 is 6.10 Å². The van der Waals surface area contributed by atoms with Gasteiger partial charge in [0.2, 0.25) is 0 Å². The van der Waals surface area contributed by atoms with Crippen LogP contribution < -0.4 is 10.1 Å². The van der Waals surface area contributed by atoms with Crippen molar-refractivity contribution in [3.05, 3.63) is 78.4 Å². The fourth-order valence-corrected chi connectivity index (χ4v) is 3.21. The maximum Gasteiger partial charge on any atom is 0.261 e. The molecule has 0 saturated heterocycles. The predicted molar refractivity (Wildman–Crippen MR) is 111 cm³/mol. The first-order valence-corrected chi connectivity index (χ1v) is 9.66. The summed E-state index contributed by atoms with van der Waals surface area (Å²) in [5.74, 6) is 0.707. The van der Waals surface area contributed by atoms with Crippen molar-refractivity contribution in [2.24, 2.45) is 0 Å². The van der Waals surface area contributed by atoms with Crippen molar-refractivity contribution in [3.63, 3.8) is 0 Å². The van der Waals surface area contributed by atoms with E-state index >= 15 is 0 Å². The van der Waals surface area contributed by atoms with Crippen LogP contribution in [0, 0.1) is 0 Å². The second-order valence-corrected chi connectivity index (χ2v) is 6.93. The lowest BCUT2D eigenvalue weighted by molar-refractivity contribution is -0.128. The van der Waals surface area contributed by atoms with Gasteiger partial charge in [-0.2, -0.15) is 0 Å². The Morgan fingerprint density at radius 2 is 1.67 bits per heavy atom. The van der Waals surface area contributed by atoms with Crippen LogP contribution in [-0.2, 0) is 11.2 Å². The Bertz CT molecular complexity index is 870. The van der Waals surface area contributed by atoms with E-state index in [0.29, 0.717) is 6.42 Å². The molecule has 0 aromatic heterocycles. The number of fused-ring (bicyclic) bond motifs is 1. The summed E-state index contributed by atoms with van der Waals surface area (Å²) in [6.45, 7) is 4.02. The molecule has 3 rings (SSSR count). The zero-order chi connectivity index (χ0) is 19.1. The number of nitrogens with one attached hydrogen (secondary N) is 1. The Hall–Kier alpha value is -2.81. The molecule has 2 atom stereocenters. The number of carbonyl (C=O) groups excluding carboxylic acids is 1. The average Bonchev–Trinajstić information content (AvgIpc) is 2.71. The van der Waals surface area contributed by atoms with Crippen LogP contribution in [0.2, 0.25) is 0 Å². The minimum Gasteiger partial charge on any atom is -0.480 e. The highest BCUT2D eigenvalue weighted by Gasteiger charge is 2.20. The van der Waals surface area contributed by atoms with Gasteiger partial charge in [0.05, 0.1) is 0 Å². The van der Waals surface area contributed by atoms with Gasteiger partial charge in [-0.1, -0.05) is 73.7 Å². The smallest absolute Gasteiger partial charge is 0.261 e. The molecule has 1 amide bonds. The molecule has 3 aromatic carbocycles. The topological polar surface area (TPSA) is 38.3 Å². The molecule has 0 bridgehead atoms. The summed E-state index contributed by atoms with van der Waals surface area (Å²) in [4.78, 5) is 12.7. The third-order valence-corrected chi connectivity index (χ3v) is 4.78. The first-order valence-electron chi connectivity index (χ1n) is 9.66. The standard InChI is InChI=1S/C24H27NO2/c1-3-22(27-23-15-9-13-20-12-7-8-14-21(20)23)24(26)25-18(2)16-17-19-10-5-4-6-11-19/h4-15,18,22H,3,16-17H2,1-2H3,(H,25,26)/t18-,22+/m1/s1. The van der Waals surface area contributed by atoms with Gasteiger partial charge in [0.15, 0.2) is 6.10 Å². The Labute approximate surface area is 161 Å². The normalized spacial score (nSPS) is 13.1. The second kappa shape index (κ2) is 9.22. The fraction of sp³-hybridized carbons (Fsp3) is 0.292. The summed E-state index contributed by atoms with van der Waals surface area (Å²) in [7, 11) is 0. The Morgan fingerprint density at radius 1 is 0.963 bits per heavy atom. The van der Waals surface area contributed by atoms with Crippen LogP contribution in [0.3, 0.4) is 0 Å². The molecule has 0 saturated carbocycles. The van der Waals surface area contributed by atoms with E-state index in [2.05, 4.69) is 29.6 Å². The van der Waals surface area contributed by atoms with Crippen molar-refractivity contribution in [1.82, 2.24) is 5.32 Å². The van der Waals surface area contributed by atoms with Gasteiger partial charge in [-0.3, -0.25) is 4.79 Å². The highest BCUT2D eigenvalue weighted by molar-refractivity contribution is 5.89. The van der Waals surface area contributed by atoms with Gasteiger partial charge < -0.3 is 10.1 Å². The molecule has 0 heterocycles. The van der Waals surface area contributed by atoms with Gasteiger partial charge >= 0.3 is 0 Å². The fourth-order valence-electron chi connectivity index (χ4n) is 3.21. The molecule has 0 aliphatic carbocycles. The lowest BCUT2D eigenvalue weighted by Crippen LogP contribution is -2.42. The molecule has 0 radical (unpaired) electrons. The number of ether oxygens (including phenoxy) is 1. The minimum atomic E-state index is -0.491. The van der Waals surface area contributed by atoms with E-state index in [1.807, 2.05) is 62.4 Å². The Kier molecular flexibility index (Phi) is 6.48. The van der Waals surface area contributed by atoms with Crippen LogP contribution in [-0.4, -0.2) is 18.1 Å². The number of carbonyl (C=O) groups is 1. The highest BCUT2D eigenvalue weighted by Crippen LogP contribution is 2.26. The van der Waals surface area contributed by atoms with Crippen molar-refractivity contribution in [2.45, 2.75) is 45.3 Å². The van der Waals surface area contributed by atoms with Crippen LogP contribution in [0.25, 0.3) is 10.8 Å². The largest absolute Gasteiger partial charge is 0.480 e. The molecule has 3 aromatic rings. The van der Waals surface area contributed by atoms with E-state index in [4.69, 9.17) is 4.74 Å². The van der Waals surface area contributed by atoms with Gasteiger partial charge in [-0.25, -0.2) is 0 Å². The first-order chi connectivity index (χ1) is 13.2. The van der Waals surface area contributed by atoms with E-state index in [9.17, 15) is 4.79 Å². The summed E-state index contributed by atoms with van der Waals surface area (Å²) >= 11 is 0. The number of rotatable bonds is 8. The van der Waals surface area contributed by atoms with E-state index in [1.54, 1.807) is 0 Å². The molecule has 3 heteroatoms. The van der Waals surface area contributed by atoms with Gasteiger partial charge in [0, 0.05) is 11.4 Å². The van der Waals surface area contributed by atoms with Gasteiger partial charge in [0.25, 0.3) is 5.91 Å². The van der Waals surface area contributed by atoms with E-state index in [-0.39, 0.29) is 11.9 Å². The summed E-state index contributed by atoms with van der Waals surface area (Å²) < 4.78 is 6.09. The van der Waals surface area contributed by atoms with Crippen LogP contribution in [0.5, 0.6) is 5.75 Å². The Morgan fingerprint density at radius 3 is 2.44 bits per heavy atom. The summed E-state index contributed by atoms with van der Waals surface area (Å²) in [6, 6.07) is 24.5. The number of aryl methyl sites for hydroxylation is 1. The molecule has 0 aliphatic rings. The third-order valence-electron chi connectivity index (χ3n) is 4.78. The van der Waals surface area contributed by atoms with Crippen molar-refractivity contribution in [3.8, 4) is 5.75 Å². The molecule has 1 N–H and O–H groups in total.